The van der Waals surface area contributed by atoms with E-state index in [0.717, 1.165) is 49.5 Å². The van der Waals surface area contributed by atoms with Crippen LogP contribution in [0.15, 0.2) is 66.7 Å². The molecule has 1 heteroatoms. The van der Waals surface area contributed by atoms with Crippen molar-refractivity contribution in [3.8, 4) is 11.1 Å². The van der Waals surface area contributed by atoms with Gasteiger partial charge < -0.3 is 0 Å². The number of aldehydes is 1. The zero-order chi connectivity index (χ0) is 19.1. The van der Waals surface area contributed by atoms with Crippen LogP contribution in [0.3, 0.4) is 0 Å². The van der Waals surface area contributed by atoms with Gasteiger partial charge in [0.1, 0.15) is 6.29 Å². The predicted molar refractivity (Wildman–Crippen MR) is 114 cm³/mol. The summed E-state index contributed by atoms with van der Waals surface area (Å²) in [5.41, 5.74) is 8.73. The molecule has 0 unspecified atom stereocenters. The average molecular weight is 357 g/mol. The molecule has 3 aromatic carbocycles. The van der Waals surface area contributed by atoms with Crippen LogP contribution in [-0.4, -0.2) is 6.29 Å². The lowest BCUT2D eigenvalue weighted by molar-refractivity contribution is 0.112. The summed E-state index contributed by atoms with van der Waals surface area (Å²) >= 11 is 0. The highest BCUT2D eigenvalue weighted by atomic mass is 16.1. The van der Waals surface area contributed by atoms with E-state index in [4.69, 9.17) is 0 Å². The van der Waals surface area contributed by atoms with E-state index >= 15 is 0 Å². The number of unbranched alkanes of at least 4 members (excludes halogenated alkanes) is 1. The van der Waals surface area contributed by atoms with E-state index in [-0.39, 0.29) is 0 Å². The Morgan fingerprint density at radius 3 is 2.30 bits per heavy atom. The number of hydrogen-bond donors (Lipinski definition) is 0. The first-order valence-electron chi connectivity index (χ1n) is 9.93. The molecule has 0 fully saturated rings. The van der Waals surface area contributed by atoms with Crippen molar-refractivity contribution in [1.82, 2.24) is 0 Å². The van der Waals surface area contributed by atoms with Crippen molar-refractivity contribution in [3.63, 3.8) is 0 Å². The van der Waals surface area contributed by atoms with Crippen molar-refractivity contribution in [3.05, 3.63) is 94.5 Å². The molecular formula is C26H28O. The minimum atomic E-state index is 0.819. The summed E-state index contributed by atoms with van der Waals surface area (Å²) in [6.07, 6.45) is 6.38. The van der Waals surface area contributed by atoms with E-state index in [0.29, 0.717) is 0 Å². The Kier molecular flexibility index (Phi) is 6.59. The maximum Gasteiger partial charge on any atom is 0.150 e. The Balaban J connectivity index is 1.68. The second-order valence-corrected chi connectivity index (χ2v) is 7.17. The number of aryl methyl sites for hydroxylation is 3. The molecule has 0 spiro atoms. The fourth-order valence-corrected chi connectivity index (χ4v) is 3.82. The van der Waals surface area contributed by atoms with E-state index < -0.39 is 0 Å². The summed E-state index contributed by atoms with van der Waals surface area (Å²) in [5.74, 6) is 0. The first-order valence-corrected chi connectivity index (χ1v) is 9.93. The Morgan fingerprint density at radius 2 is 1.56 bits per heavy atom. The van der Waals surface area contributed by atoms with Crippen LogP contribution in [0, 0.1) is 6.92 Å². The molecule has 0 N–H and O–H groups in total. The molecule has 0 atom stereocenters. The standard InChI is InChI=1S/C26H28O/c1-3-21-14-9-10-20(2)26(21)15-8-7-13-23-18-24(16-17-25(23)19-27)22-11-5-4-6-12-22/h4-6,9-12,14,16-19H,3,7-8,13,15H2,1-2H3. The van der Waals surface area contributed by atoms with Crippen LogP contribution in [-0.2, 0) is 19.3 Å². The Hall–Kier alpha value is -2.67. The van der Waals surface area contributed by atoms with E-state index in [1.165, 1.54) is 27.8 Å². The van der Waals surface area contributed by atoms with Crippen LogP contribution in [0.4, 0.5) is 0 Å². The molecule has 0 aromatic heterocycles. The highest BCUT2D eigenvalue weighted by Crippen LogP contribution is 2.24. The van der Waals surface area contributed by atoms with Gasteiger partial charge in [0.25, 0.3) is 0 Å². The molecule has 1 nitrogen and oxygen atoms in total. The molecule has 0 bridgehead atoms. The molecule has 0 heterocycles. The van der Waals surface area contributed by atoms with Crippen molar-refractivity contribution in [2.24, 2.45) is 0 Å². The summed E-state index contributed by atoms with van der Waals surface area (Å²) in [6, 6.07) is 23.2. The maximum absolute atomic E-state index is 11.5. The average Bonchev–Trinajstić information content (AvgIpc) is 2.72. The molecule has 138 valence electrons. The summed E-state index contributed by atoms with van der Waals surface area (Å²) in [5, 5.41) is 0. The molecule has 27 heavy (non-hydrogen) atoms. The smallest absolute Gasteiger partial charge is 0.150 e. The van der Waals surface area contributed by atoms with Gasteiger partial charge in [-0.3, -0.25) is 4.79 Å². The topological polar surface area (TPSA) is 17.1 Å². The van der Waals surface area contributed by atoms with Crippen molar-refractivity contribution in [2.75, 3.05) is 0 Å². The first kappa shape index (κ1) is 19.1. The van der Waals surface area contributed by atoms with Crippen LogP contribution < -0.4 is 0 Å². The largest absolute Gasteiger partial charge is 0.298 e. The van der Waals surface area contributed by atoms with Crippen LogP contribution in [0.5, 0.6) is 0 Å². The lowest BCUT2D eigenvalue weighted by atomic mass is 9.93. The lowest BCUT2D eigenvalue weighted by Crippen LogP contribution is -1.99. The predicted octanol–water partition coefficient (Wildman–Crippen LogP) is 6.60. The SMILES string of the molecule is CCc1cccc(C)c1CCCCc1cc(-c2ccccc2)ccc1C=O. The molecule has 0 aliphatic carbocycles. The van der Waals surface area contributed by atoms with E-state index in [2.05, 4.69) is 62.4 Å². The van der Waals surface area contributed by atoms with Gasteiger partial charge in [0, 0.05) is 5.56 Å². The molecule has 3 aromatic rings. The third kappa shape index (κ3) is 4.74. The van der Waals surface area contributed by atoms with Gasteiger partial charge >= 0.3 is 0 Å². The van der Waals surface area contributed by atoms with Gasteiger partial charge in [-0.2, -0.15) is 0 Å². The minimum absolute atomic E-state index is 0.819. The lowest BCUT2D eigenvalue weighted by Gasteiger charge is -2.12. The second-order valence-electron chi connectivity index (χ2n) is 7.17. The van der Waals surface area contributed by atoms with Gasteiger partial charge in [-0.05, 0) is 72.4 Å². The molecule has 0 aliphatic rings. The Labute approximate surface area is 163 Å². The van der Waals surface area contributed by atoms with Crippen molar-refractivity contribution < 1.29 is 4.79 Å². The maximum atomic E-state index is 11.5. The normalized spacial score (nSPS) is 10.7. The zero-order valence-corrected chi connectivity index (χ0v) is 16.4. The number of hydrogen-bond acceptors (Lipinski definition) is 1. The van der Waals surface area contributed by atoms with Crippen molar-refractivity contribution in [1.29, 1.82) is 0 Å². The second kappa shape index (κ2) is 9.32. The van der Waals surface area contributed by atoms with Gasteiger partial charge in [0.05, 0.1) is 0 Å². The summed E-state index contributed by atoms with van der Waals surface area (Å²) in [6.45, 7) is 4.44. The van der Waals surface area contributed by atoms with E-state index in [1.807, 2.05) is 18.2 Å². The van der Waals surface area contributed by atoms with Crippen LogP contribution in [0.1, 0.15) is 52.4 Å². The fourth-order valence-electron chi connectivity index (χ4n) is 3.82. The van der Waals surface area contributed by atoms with Crippen molar-refractivity contribution >= 4 is 6.29 Å². The number of carbonyl (C=O) groups is 1. The molecule has 0 saturated heterocycles. The quantitative estimate of drug-likeness (QED) is 0.328. The van der Waals surface area contributed by atoms with Crippen molar-refractivity contribution in [2.45, 2.75) is 46.0 Å². The number of rotatable bonds is 8. The fraction of sp³-hybridized carbons (Fsp3) is 0.269. The molecular weight excluding hydrogens is 328 g/mol. The molecule has 0 amide bonds. The third-order valence-corrected chi connectivity index (χ3v) is 5.39. The summed E-state index contributed by atoms with van der Waals surface area (Å²) < 4.78 is 0. The highest BCUT2D eigenvalue weighted by Gasteiger charge is 2.07. The van der Waals surface area contributed by atoms with Gasteiger partial charge in [-0.1, -0.05) is 73.7 Å². The van der Waals surface area contributed by atoms with Gasteiger partial charge in [-0.25, -0.2) is 0 Å². The minimum Gasteiger partial charge on any atom is -0.298 e. The van der Waals surface area contributed by atoms with Crippen LogP contribution >= 0.6 is 0 Å². The number of carbonyl (C=O) groups excluding carboxylic acids is 1. The zero-order valence-electron chi connectivity index (χ0n) is 16.4. The molecule has 0 radical (unpaired) electrons. The Bertz CT molecular complexity index is 893. The first-order chi connectivity index (χ1) is 13.2. The summed E-state index contributed by atoms with van der Waals surface area (Å²) in [4.78, 5) is 11.5. The van der Waals surface area contributed by atoms with Gasteiger partial charge in [-0.15, -0.1) is 0 Å². The molecule has 0 saturated carbocycles. The van der Waals surface area contributed by atoms with Crippen LogP contribution in [0.2, 0.25) is 0 Å². The molecule has 0 aliphatic heterocycles. The van der Waals surface area contributed by atoms with Gasteiger partial charge in [0.15, 0.2) is 0 Å². The monoisotopic (exact) mass is 356 g/mol. The number of benzene rings is 3. The highest BCUT2D eigenvalue weighted by molar-refractivity contribution is 5.79. The molecule has 3 rings (SSSR count). The summed E-state index contributed by atoms with van der Waals surface area (Å²) in [7, 11) is 0. The van der Waals surface area contributed by atoms with E-state index in [9.17, 15) is 4.79 Å². The van der Waals surface area contributed by atoms with E-state index in [1.54, 1.807) is 0 Å². The van der Waals surface area contributed by atoms with Gasteiger partial charge in [0.2, 0.25) is 0 Å². The van der Waals surface area contributed by atoms with Crippen LogP contribution in [0.25, 0.3) is 11.1 Å². The third-order valence-electron chi connectivity index (χ3n) is 5.39. The Morgan fingerprint density at radius 1 is 0.778 bits per heavy atom.